The number of nitrogen functional groups attached to an aromatic ring is 1. The predicted octanol–water partition coefficient (Wildman–Crippen LogP) is 0.460. The number of hydrogen-bond acceptors (Lipinski definition) is 5. The van der Waals surface area contributed by atoms with Crippen LogP contribution in [0.15, 0.2) is 30.7 Å². The SMILES string of the molecule is N=C(N)c1cc(-n2cc([N+](=O)[O-])cn2)ccn1. The summed E-state index contributed by atoms with van der Waals surface area (Å²) in [6, 6.07) is 3.14. The van der Waals surface area contributed by atoms with Crippen molar-refractivity contribution in [2.24, 2.45) is 5.73 Å². The van der Waals surface area contributed by atoms with E-state index in [-0.39, 0.29) is 11.5 Å². The average molecular weight is 232 g/mol. The van der Waals surface area contributed by atoms with Crippen LogP contribution in [0.4, 0.5) is 5.69 Å². The molecule has 3 N–H and O–H groups in total. The minimum Gasteiger partial charge on any atom is -0.382 e. The third-order valence-corrected chi connectivity index (χ3v) is 2.06. The summed E-state index contributed by atoms with van der Waals surface area (Å²) in [7, 11) is 0. The maximum atomic E-state index is 10.5. The monoisotopic (exact) mass is 232 g/mol. The maximum Gasteiger partial charge on any atom is 0.307 e. The lowest BCUT2D eigenvalue weighted by Crippen LogP contribution is -2.13. The molecule has 0 amide bonds. The molecule has 0 atom stereocenters. The number of nitro groups is 1. The van der Waals surface area contributed by atoms with Crippen molar-refractivity contribution in [3.63, 3.8) is 0 Å². The van der Waals surface area contributed by atoms with E-state index >= 15 is 0 Å². The standard InChI is InChI=1S/C9H8N6O2/c10-9(11)8-3-6(1-2-12-8)14-5-7(4-13-14)15(16)17/h1-5H,(H3,10,11). The van der Waals surface area contributed by atoms with E-state index in [1.165, 1.54) is 23.1 Å². The zero-order chi connectivity index (χ0) is 12.4. The lowest BCUT2D eigenvalue weighted by Gasteiger charge is -2.02. The molecular formula is C9H8N6O2. The Hall–Kier alpha value is -2.77. The third-order valence-electron chi connectivity index (χ3n) is 2.06. The van der Waals surface area contributed by atoms with Gasteiger partial charge in [-0.1, -0.05) is 0 Å². The van der Waals surface area contributed by atoms with Crippen LogP contribution in [0.2, 0.25) is 0 Å². The van der Waals surface area contributed by atoms with Crippen molar-refractivity contribution in [2.75, 3.05) is 0 Å². The summed E-state index contributed by atoms with van der Waals surface area (Å²) in [6.07, 6.45) is 3.88. The van der Waals surface area contributed by atoms with Gasteiger partial charge in [0.2, 0.25) is 0 Å². The molecule has 0 radical (unpaired) electrons. The smallest absolute Gasteiger partial charge is 0.307 e. The molecule has 8 heteroatoms. The van der Waals surface area contributed by atoms with Crippen molar-refractivity contribution in [3.05, 3.63) is 46.5 Å². The molecule has 0 spiro atoms. The van der Waals surface area contributed by atoms with Gasteiger partial charge in [0.25, 0.3) is 0 Å². The van der Waals surface area contributed by atoms with Crippen LogP contribution >= 0.6 is 0 Å². The molecule has 2 aromatic rings. The third kappa shape index (κ3) is 2.09. The number of rotatable bonds is 3. The van der Waals surface area contributed by atoms with E-state index in [0.29, 0.717) is 11.4 Å². The first-order chi connectivity index (χ1) is 8.08. The Labute approximate surface area is 95.4 Å². The number of nitrogens with two attached hydrogens (primary N) is 1. The first-order valence-electron chi connectivity index (χ1n) is 4.58. The zero-order valence-electron chi connectivity index (χ0n) is 8.57. The molecule has 0 fully saturated rings. The summed E-state index contributed by atoms with van der Waals surface area (Å²) in [5, 5.41) is 21.6. The Morgan fingerprint density at radius 2 is 2.35 bits per heavy atom. The Bertz CT molecular complexity index is 591. The molecule has 2 aromatic heterocycles. The summed E-state index contributed by atoms with van der Waals surface area (Å²) in [5.41, 5.74) is 6.04. The number of hydrogen-bond donors (Lipinski definition) is 2. The summed E-state index contributed by atoms with van der Waals surface area (Å²) in [6.45, 7) is 0. The van der Waals surface area contributed by atoms with Crippen LogP contribution in [0.1, 0.15) is 5.69 Å². The summed E-state index contributed by atoms with van der Waals surface area (Å²) in [4.78, 5) is 13.9. The fourth-order valence-corrected chi connectivity index (χ4v) is 1.26. The Kier molecular flexibility index (Phi) is 2.53. The zero-order valence-corrected chi connectivity index (χ0v) is 8.57. The predicted molar refractivity (Wildman–Crippen MR) is 59.0 cm³/mol. The van der Waals surface area contributed by atoms with Crippen molar-refractivity contribution in [3.8, 4) is 5.69 Å². The van der Waals surface area contributed by atoms with Crippen molar-refractivity contribution in [2.45, 2.75) is 0 Å². The minimum absolute atomic E-state index is 0.105. The van der Waals surface area contributed by atoms with Gasteiger partial charge in [0.15, 0.2) is 0 Å². The van der Waals surface area contributed by atoms with E-state index in [2.05, 4.69) is 10.1 Å². The minimum atomic E-state index is -0.531. The van der Waals surface area contributed by atoms with Crippen LogP contribution in [0.3, 0.4) is 0 Å². The molecule has 8 nitrogen and oxygen atoms in total. The molecule has 0 unspecified atom stereocenters. The molecule has 86 valence electrons. The van der Waals surface area contributed by atoms with E-state index in [0.717, 1.165) is 6.20 Å². The van der Waals surface area contributed by atoms with Gasteiger partial charge >= 0.3 is 5.69 Å². The van der Waals surface area contributed by atoms with Crippen LogP contribution in [-0.2, 0) is 0 Å². The molecular weight excluding hydrogens is 224 g/mol. The van der Waals surface area contributed by atoms with Gasteiger partial charge in [0.1, 0.15) is 23.9 Å². The fourth-order valence-electron chi connectivity index (χ4n) is 1.26. The highest BCUT2D eigenvalue weighted by Crippen LogP contribution is 2.13. The Balaban J connectivity index is 2.42. The Morgan fingerprint density at radius 1 is 1.59 bits per heavy atom. The largest absolute Gasteiger partial charge is 0.382 e. The second-order valence-electron chi connectivity index (χ2n) is 3.21. The molecule has 2 heterocycles. The summed E-state index contributed by atoms with van der Waals surface area (Å²) in [5.74, 6) is -0.173. The highest BCUT2D eigenvalue weighted by molar-refractivity contribution is 5.93. The summed E-state index contributed by atoms with van der Waals surface area (Å²) < 4.78 is 1.33. The average Bonchev–Trinajstić information content (AvgIpc) is 2.78. The molecule has 0 saturated carbocycles. The molecule has 2 rings (SSSR count). The van der Waals surface area contributed by atoms with E-state index in [9.17, 15) is 10.1 Å². The van der Waals surface area contributed by atoms with Gasteiger partial charge in [-0.25, -0.2) is 4.68 Å². The van der Waals surface area contributed by atoms with Gasteiger partial charge in [-0.15, -0.1) is 0 Å². The van der Waals surface area contributed by atoms with E-state index in [1.54, 1.807) is 6.07 Å². The molecule has 0 saturated heterocycles. The number of amidine groups is 1. The number of aromatic nitrogens is 3. The van der Waals surface area contributed by atoms with Gasteiger partial charge < -0.3 is 5.73 Å². The van der Waals surface area contributed by atoms with Crippen molar-refractivity contribution < 1.29 is 4.92 Å². The van der Waals surface area contributed by atoms with E-state index in [4.69, 9.17) is 11.1 Å². The fraction of sp³-hybridized carbons (Fsp3) is 0. The molecule has 0 aliphatic rings. The first kappa shape index (κ1) is 10.7. The number of nitrogens with one attached hydrogen (secondary N) is 1. The van der Waals surface area contributed by atoms with Gasteiger partial charge in [-0.3, -0.25) is 20.5 Å². The molecule has 0 aliphatic carbocycles. The lowest BCUT2D eigenvalue weighted by molar-refractivity contribution is -0.384. The highest BCUT2D eigenvalue weighted by atomic mass is 16.6. The van der Waals surface area contributed by atoms with Gasteiger partial charge in [-0.05, 0) is 12.1 Å². The molecule has 0 aromatic carbocycles. The normalized spacial score (nSPS) is 10.1. The van der Waals surface area contributed by atoms with Crippen LogP contribution in [0, 0.1) is 15.5 Å². The maximum absolute atomic E-state index is 10.5. The number of nitrogens with zero attached hydrogens (tertiary/aromatic N) is 4. The molecule has 0 aliphatic heterocycles. The van der Waals surface area contributed by atoms with Gasteiger partial charge in [0.05, 0.1) is 10.6 Å². The first-order valence-corrected chi connectivity index (χ1v) is 4.58. The quantitative estimate of drug-likeness (QED) is 0.344. The van der Waals surface area contributed by atoms with Crippen LogP contribution in [0.5, 0.6) is 0 Å². The van der Waals surface area contributed by atoms with Crippen LogP contribution in [-0.4, -0.2) is 25.5 Å². The van der Waals surface area contributed by atoms with Crippen LogP contribution in [0.25, 0.3) is 5.69 Å². The molecule has 17 heavy (non-hydrogen) atoms. The topological polar surface area (TPSA) is 124 Å². The van der Waals surface area contributed by atoms with Crippen molar-refractivity contribution in [1.82, 2.24) is 14.8 Å². The van der Waals surface area contributed by atoms with E-state index < -0.39 is 4.92 Å². The molecule has 0 bridgehead atoms. The second-order valence-corrected chi connectivity index (χ2v) is 3.21. The van der Waals surface area contributed by atoms with Crippen LogP contribution < -0.4 is 5.73 Å². The number of pyridine rings is 1. The van der Waals surface area contributed by atoms with E-state index in [1.807, 2.05) is 0 Å². The second kappa shape index (κ2) is 4.00. The highest BCUT2D eigenvalue weighted by Gasteiger charge is 2.10. The lowest BCUT2D eigenvalue weighted by atomic mass is 10.3. The van der Waals surface area contributed by atoms with Gasteiger partial charge in [0, 0.05) is 6.20 Å². The van der Waals surface area contributed by atoms with Gasteiger partial charge in [-0.2, -0.15) is 5.10 Å². The summed E-state index contributed by atoms with van der Waals surface area (Å²) >= 11 is 0. The van der Waals surface area contributed by atoms with Crippen molar-refractivity contribution >= 4 is 11.5 Å². The van der Waals surface area contributed by atoms with Crippen molar-refractivity contribution in [1.29, 1.82) is 5.41 Å². The Morgan fingerprint density at radius 3 is 2.94 bits per heavy atom.